The molecule has 3 nitrogen and oxygen atoms in total. The van der Waals surface area contributed by atoms with E-state index < -0.39 is 0 Å². The second-order valence-electron chi connectivity index (χ2n) is 2.77. The number of hydrogen-bond acceptors (Lipinski definition) is 3. The van der Waals surface area contributed by atoms with Gasteiger partial charge in [-0.1, -0.05) is 0 Å². The summed E-state index contributed by atoms with van der Waals surface area (Å²) in [4.78, 5) is 8.32. The fraction of sp³-hybridized carbons (Fsp3) is 0.500. The summed E-state index contributed by atoms with van der Waals surface area (Å²) in [5, 5.41) is 0. The van der Waals surface area contributed by atoms with Gasteiger partial charge in [0.15, 0.2) is 0 Å². The molecular formula is C8H9BrN2O. The standard InChI is InChI=1S/C8H9BrN2O/c9-8-5-10-4-6(11-8)7-2-1-3-12-7/h4-5,7H,1-3H2. The summed E-state index contributed by atoms with van der Waals surface area (Å²) in [5.74, 6) is 0. The second-order valence-corrected chi connectivity index (χ2v) is 3.58. The summed E-state index contributed by atoms with van der Waals surface area (Å²) in [5.41, 5.74) is 0.932. The molecule has 4 heteroatoms. The summed E-state index contributed by atoms with van der Waals surface area (Å²) < 4.78 is 6.24. The van der Waals surface area contributed by atoms with Crippen molar-refractivity contribution in [3.63, 3.8) is 0 Å². The monoisotopic (exact) mass is 228 g/mol. The molecule has 0 N–H and O–H groups in total. The molecule has 12 heavy (non-hydrogen) atoms. The van der Waals surface area contributed by atoms with Gasteiger partial charge in [0.1, 0.15) is 10.7 Å². The van der Waals surface area contributed by atoms with Crippen LogP contribution in [0.15, 0.2) is 17.0 Å². The molecule has 64 valence electrons. The van der Waals surface area contributed by atoms with Gasteiger partial charge in [0, 0.05) is 6.61 Å². The van der Waals surface area contributed by atoms with E-state index in [2.05, 4.69) is 25.9 Å². The third-order valence-electron chi connectivity index (χ3n) is 1.88. The van der Waals surface area contributed by atoms with Gasteiger partial charge in [-0.05, 0) is 28.8 Å². The number of rotatable bonds is 1. The van der Waals surface area contributed by atoms with E-state index >= 15 is 0 Å². The smallest absolute Gasteiger partial charge is 0.124 e. The lowest BCUT2D eigenvalue weighted by atomic mass is 10.2. The van der Waals surface area contributed by atoms with E-state index in [1.165, 1.54) is 0 Å². The van der Waals surface area contributed by atoms with Gasteiger partial charge in [-0.25, -0.2) is 4.98 Å². The average molecular weight is 229 g/mol. The van der Waals surface area contributed by atoms with E-state index in [0.717, 1.165) is 29.7 Å². The Bertz CT molecular complexity index is 274. The van der Waals surface area contributed by atoms with Crippen LogP contribution in [0.3, 0.4) is 0 Å². The van der Waals surface area contributed by atoms with E-state index in [9.17, 15) is 0 Å². The molecule has 0 aliphatic carbocycles. The highest BCUT2D eigenvalue weighted by molar-refractivity contribution is 9.10. The molecule has 0 radical (unpaired) electrons. The van der Waals surface area contributed by atoms with Gasteiger partial charge in [-0.2, -0.15) is 0 Å². The van der Waals surface area contributed by atoms with E-state index in [4.69, 9.17) is 4.74 Å². The van der Waals surface area contributed by atoms with E-state index in [0.29, 0.717) is 0 Å². The fourth-order valence-electron chi connectivity index (χ4n) is 1.32. The maximum atomic E-state index is 5.47. The molecule has 1 fully saturated rings. The zero-order valence-electron chi connectivity index (χ0n) is 6.53. The summed E-state index contributed by atoms with van der Waals surface area (Å²) in [7, 11) is 0. The number of hydrogen-bond donors (Lipinski definition) is 0. The minimum atomic E-state index is 0.162. The summed E-state index contributed by atoms with van der Waals surface area (Å²) in [6.07, 6.45) is 5.79. The molecule has 0 amide bonds. The Morgan fingerprint density at radius 2 is 2.42 bits per heavy atom. The van der Waals surface area contributed by atoms with Crippen molar-refractivity contribution in [2.75, 3.05) is 6.61 Å². The Morgan fingerprint density at radius 3 is 3.08 bits per heavy atom. The quantitative estimate of drug-likeness (QED) is 0.739. The normalized spacial score (nSPS) is 22.9. The van der Waals surface area contributed by atoms with E-state index in [1.54, 1.807) is 12.4 Å². The van der Waals surface area contributed by atoms with Gasteiger partial charge >= 0.3 is 0 Å². The molecule has 0 bridgehead atoms. The SMILES string of the molecule is Brc1cncc(C2CCCO2)n1. The molecule has 2 heterocycles. The Balaban J connectivity index is 2.21. The van der Waals surface area contributed by atoms with Crippen LogP contribution in [-0.4, -0.2) is 16.6 Å². The fourth-order valence-corrected chi connectivity index (χ4v) is 1.65. The summed E-state index contributed by atoms with van der Waals surface area (Å²) in [6, 6.07) is 0. The van der Waals surface area contributed by atoms with Crippen molar-refractivity contribution in [2.45, 2.75) is 18.9 Å². The lowest BCUT2D eigenvalue weighted by molar-refractivity contribution is 0.108. The molecule has 1 aliphatic rings. The minimum Gasteiger partial charge on any atom is -0.372 e. The van der Waals surface area contributed by atoms with Crippen LogP contribution in [0.5, 0.6) is 0 Å². The lowest BCUT2D eigenvalue weighted by Gasteiger charge is -2.07. The Morgan fingerprint density at radius 1 is 1.50 bits per heavy atom. The molecular weight excluding hydrogens is 220 g/mol. The van der Waals surface area contributed by atoms with Gasteiger partial charge in [0.25, 0.3) is 0 Å². The van der Waals surface area contributed by atoms with Crippen LogP contribution in [0.2, 0.25) is 0 Å². The third-order valence-corrected chi connectivity index (χ3v) is 2.27. The maximum Gasteiger partial charge on any atom is 0.124 e. The predicted octanol–water partition coefficient (Wildman–Crippen LogP) is 2.09. The highest BCUT2D eigenvalue weighted by atomic mass is 79.9. The van der Waals surface area contributed by atoms with E-state index in [-0.39, 0.29) is 6.10 Å². The van der Waals surface area contributed by atoms with Crippen LogP contribution in [0.25, 0.3) is 0 Å². The Labute approximate surface area is 79.3 Å². The van der Waals surface area contributed by atoms with Crippen LogP contribution < -0.4 is 0 Å². The average Bonchev–Trinajstić information content (AvgIpc) is 2.56. The number of aromatic nitrogens is 2. The van der Waals surface area contributed by atoms with Crippen molar-refractivity contribution in [1.29, 1.82) is 0 Å². The zero-order valence-corrected chi connectivity index (χ0v) is 8.12. The largest absolute Gasteiger partial charge is 0.372 e. The highest BCUT2D eigenvalue weighted by Crippen LogP contribution is 2.26. The summed E-state index contributed by atoms with van der Waals surface area (Å²) >= 11 is 3.28. The number of nitrogens with zero attached hydrogens (tertiary/aromatic N) is 2. The minimum absolute atomic E-state index is 0.162. The zero-order chi connectivity index (χ0) is 8.39. The van der Waals surface area contributed by atoms with Crippen LogP contribution >= 0.6 is 15.9 Å². The van der Waals surface area contributed by atoms with Crippen LogP contribution in [0.4, 0.5) is 0 Å². The molecule has 1 aromatic heterocycles. The maximum absolute atomic E-state index is 5.47. The first kappa shape index (κ1) is 8.13. The van der Waals surface area contributed by atoms with Gasteiger partial charge in [-0.3, -0.25) is 4.98 Å². The predicted molar refractivity (Wildman–Crippen MR) is 47.7 cm³/mol. The van der Waals surface area contributed by atoms with Gasteiger partial charge in [0.2, 0.25) is 0 Å². The molecule has 1 unspecified atom stereocenters. The van der Waals surface area contributed by atoms with Crippen LogP contribution in [0.1, 0.15) is 24.6 Å². The molecule has 0 aromatic carbocycles. The third kappa shape index (κ3) is 1.64. The lowest BCUT2D eigenvalue weighted by Crippen LogP contribution is -1.99. The van der Waals surface area contributed by atoms with Crippen molar-refractivity contribution in [3.05, 3.63) is 22.7 Å². The van der Waals surface area contributed by atoms with Crippen molar-refractivity contribution >= 4 is 15.9 Å². The first-order valence-corrected chi connectivity index (χ1v) is 4.74. The molecule has 1 saturated heterocycles. The molecule has 1 atom stereocenters. The molecule has 1 aromatic rings. The first-order chi connectivity index (χ1) is 5.86. The molecule has 2 rings (SSSR count). The molecule has 0 saturated carbocycles. The van der Waals surface area contributed by atoms with Crippen molar-refractivity contribution < 1.29 is 4.74 Å². The van der Waals surface area contributed by atoms with Crippen molar-refractivity contribution in [2.24, 2.45) is 0 Å². The van der Waals surface area contributed by atoms with Crippen LogP contribution in [-0.2, 0) is 4.74 Å². The Kier molecular flexibility index (Phi) is 2.37. The molecule has 1 aliphatic heterocycles. The number of ether oxygens (including phenoxy) is 1. The summed E-state index contributed by atoms with van der Waals surface area (Å²) in [6.45, 7) is 0.846. The number of halogens is 1. The Hall–Kier alpha value is -0.480. The topological polar surface area (TPSA) is 35.0 Å². The second kappa shape index (κ2) is 3.49. The van der Waals surface area contributed by atoms with Crippen molar-refractivity contribution in [1.82, 2.24) is 9.97 Å². The van der Waals surface area contributed by atoms with Gasteiger partial charge in [-0.15, -0.1) is 0 Å². The van der Waals surface area contributed by atoms with Gasteiger partial charge < -0.3 is 4.74 Å². The van der Waals surface area contributed by atoms with Gasteiger partial charge in [0.05, 0.1) is 18.1 Å². The highest BCUT2D eigenvalue weighted by Gasteiger charge is 2.19. The van der Waals surface area contributed by atoms with Crippen molar-refractivity contribution in [3.8, 4) is 0 Å². The van der Waals surface area contributed by atoms with Crippen LogP contribution in [0, 0.1) is 0 Å². The molecule has 0 spiro atoms. The van der Waals surface area contributed by atoms with E-state index in [1.807, 2.05) is 0 Å². The first-order valence-electron chi connectivity index (χ1n) is 3.95.